The number of amides is 2. The number of hydrogen-bond donors (Lipinski definition) is 3. The number of nitrogens with zero attached hydrogens (tertiary/aromatic N) is 1. The van der Waals surface area contributed by atoms with E-state index in [1.807, 2.05) is 19.1 Å². The van der Waals surface area contributed by atoms with Crippen molar-refractivity contribution in [1.29, 1.82) is 0 Å². The monoisotopic (exact) mass is 331 g/mol. The molecule has 1 aromatic carbocycles. The van der Waals surface area contributed by atoms with Gasteiger partial charge in [-0.3, -0.25) is 9.59 Å². The Kier molecular flexibility index (Phi) is 3.95. The minimum Gasteiger partial charge on any atom is -0.480 e. The average Bonchev–Trinajstić information content (AvgIpc) is 2.66. The fourth-order valence-corrected chi connectivity index (χ4v) is 3.35. The van der Waals surface area contributed by atoms with E-state index < -0.39 is 17.7 Å². The molecule has 2 aliphatic heterocycles. The molecular formula is C17H21N3O4. The molecule has 3 N–H and O–H groups in total. The summed E-state index contributed by atoms with van der Waals surface area (Å²) in [5.74, 6) is -1.40. The summed E-state index contributed by atoms with van der Waals surface area (Å²) in [6.45, 7) is 3.73. The first-order valence-electron chi connectivity index (χ1n) is 8.05. The van der Waals surface area contributed by atoms with Crippen molar-refractivity contribution in [3.63, 3.8) is 0 Å². The number of fused-ring (bicyclic) bond motifs is 1. The van der Waals surface area contributed by atoms with Gasteiger partial charge in [0.1, 0.15) is 11.7 Å². The van der Waals surface area contributed by atoms with Crippen LogP contribution in [0.3, 0.4) is 0 Å². The van der Waals surface area contributed by atoms with E-state index in [1.165, 1.54) is 11.8 Å². The quantitative estimate of drug-likeness (QED) is 0.759. The van der Waals surface area contributed by atoms with E-state index in [0.29, 0.717) is 18.4 Å². The third kappa shape index (κ3) is 2.81. The molecule has 24 heavy (non-hydrogen) atoms. The van der Waals surface area contributed by atoms with Crippen molar-refractivity contribution in [2.45, 2.75) is 44.8 Å². The van der Waals surface area contributed by atoms with E-state index >= 15 is 0 Å². The third-order valence-electron chi connectivity index (χ3n) is 4.84. The second-order valence-electron chi connectivity index (χ2n) is 6.56. The summed E-state index contributed by atoms with van der Waals surface area (Å²) in [6.07, 6.45) is 1.06. The van der Waals surface area contributed by atoms with Crippen LogP contribution in [0.25, 0.3) is 0 Å². The van der Waals surface area contributed by atoms with E-state index in [1.54, 1.807) is 6.07 Å². The summed E-state index contributed by atoms with van der Waals surface area (Å²) in [5, 5.41) is 15.5. The number of rotatable bonds is 2. The van der Waals surface area contributed by atoms with Crippen molar-refractivity contribution < 1.29 is 19.5 Å². The third-order valence-corrected chi connectivity index (χ3v) is 4.84. The number of hydrogen-bond acceptors (Lipinski definition) is 4. The Morgan fingerprint density at radius 2 is 2.04 bits per heavy atom. The maximum atomic E-state index is 12.4. The van der Waals surface area contributed by atoms with Gasteiger partial charge in [0.2, 0.25) is 5.91 Å². The maximum Gasteiger partial charge on any atom is 0.326 e. The highest BCUT2D eigenvalue weighted by Gasteiger charge is 2.41. The van der Waals surface area contributed by atoms with Gasteiger partial charge in [0, 0.05) is 25.1 Å². The first kappa shape index (κ1) is 16.3. The predicted octanol–water partition coefficient (Wildman–Crippen LogP) is 1.33. The fraction of sp³-hybridized carbons (Fsp3) is 0.471. The van der Waals surface area contributed by atoms with E-state index in [-0.39, 0.29) is 24.8 Å². The molecule has 2 unspecified atom stereocenters. The summed E-state index contributed by atoms with van der Waals surface area (Å²) in [7, 11) is 0. The molecule has 1 fully saturated rings. The molecule has 2 heterocycles. The predicted molar refractivity (Wildman–Crippen MR) is 87.7 cm³/mol. The largest absolute Gasteiger partial charge is 0.480 e. The van der Waals surface area contributed by atoms with E-state index in [2.05, 4.69) is 10.6 Å². The SMILES string of the molecule is Cc1ccc2c(c1)NC1(CCC(=O)N(C(C)C(=O)O)CC1)NC2=O. The number of aliphatic carboxylic acids is 1. The molecule has 0 bridgehead atoms. The second-order valence-corrected chi connectivity index (χ2v) is 6.56. The highest BCUT2D eigenvalue weighted by molar-refractivity contribution is 6.02. The molecule has 0 aromatic heterocycles. The first-order valence-corrected chi connectivity index (χ1v) is 8.05. The van der Waals surface area contributed by atoms with E-state index in [0.717, 1.165) is 11.3 Å². The number of likely N-dealkylation sites (tertiary alicyclic amines) is 1. The Labute approximate surface area is 140 Å². The molecule has 7 heteroatoms. The van der Waals surface area contributed by atoms with E-state index in [9.17, 15) is 14.4 Å². The van der Waals surface area contributed by atoms with E-state index in [4.69, 9.17) is 5.11 Å². The number of carboxylic acids is 1. The summed E-state index contributed by atoms with van der Waals surface area (Å²) in [4.78, 5) is 37.3. The number of carboxylic acid groups (broad SMARTS) is 1. The summed E-state index contributed by atoms with van der Waals surface area (Å²) in [6, 6.07) is 4.70. The van der Waals surface area contributed by atoms with Crippen LogP contribution in [0.5, 0.6) is 0 Å². The van der Waals surface area contributed by atoms with Crippen molar-refractivity contribution in [2.75, 3.05) is 11.9 Å². The molecule has 0 radical (unpaired) electrons. The zero-order chi connectivity index (χ0) is 17.5. The number of aryl methyl sites for hydroxylation is 1. The molecule has 1 spiro atoms. The van der Waals surface area contributed by atoms with Gasteiger partial charge in [-0.15, -0.1) is 0 Å². The lowest BCUT2D eigenvalue weighted by atomic mass is 9.94. The Morgan fingerprint density at radius 1 is 1.29 bits per heavy atom. The van der Waals surface area contributed by atoms with Crippen LogP contribution in [0.15, 0.2) is 18.2 Å². The van der Waals surface area contributed by atoms with Gasteiger partial charge in [0.25, 0.3) is 5.91 Å². The summed E-state index contributed by atoms with van der Waals surface area (Å²) >= 11 is 0. The molecule has 1 aromatic rings. The van der Waals surface area contributed by atoms with Gasteiger partial charge in [-0.1, -0.05) is 6.07 Å². The van der Waals surface area contributed by atoms with Crippen molar-refractivity contribution in [2.24, 2.45) is 0 Å². The molecule has 2 atom stereocenters. The van der Waals surface area contributed by atoms with Crippen LogP contribution < -0.4 is 10.6 Å². The standard InChI is InChI=1S/C17H21N3O4/c1-10-3-4-12-13(9-10)18-17(19-15(12)22)6-5-14(21)20(8-7-17)11(2)16(23)24/h3-4,9,11,18H,5-8H2,1-2H3,(H,19,22)(H,23,24). The van der Waals surface area contributed by atoms with Gasteiger partial charge in [0.05, 0.1) is 5.56 Å². The average molecular weight is 331 g/mol. The van der Waals surface area contributed by atoms with Crippen LogP contribution in [-0.4, -0.2) is 46.0 Å². The van der Waals surface area contributed by atoms with Gasteiger partial charge < -0.3 is 20.6 Å². The Morgan fingerprint density at radius 3 is 2.75 bits per heavy atom. The zero-order valence-corrected chi connectivity index (χ0v) is 13.8. The lowest BCUT2D eigenvalue weighted by molar-refractivity contribution is -0.149. The molecule has 1 saturated heterocycles. The number of benzene rings is 1. The summed E-state index contributed by atoms with van der Waals surface area (Å²) < 4.78 is 0. The van der Waals surface area contributed by atoms with Crippen molar-refractivity contribution >= 4 is 23.5 Å². The fourth-order valence-electron chi connectivity index (χ4n) is 3.35. The van der Waals surface area contributed by atoms with Gasteiger partial charge in [-0.25, -0.2) is 4.79 Å². The number of carbonyl (C=O) groups is 3. The van der Waals surface area contributed by atoms with Crippen molar-refractivity contribution in [3.05, 3.63) is 29.3 Å². The highest BCUT2D eigenvalue weighted by Crippen LogP contribution is 2.32. The zero-order valence-electron chi connectivity index (χ0n) is 13.8. The lowest BCUT2D eigenvalue weighted by Gasteiger charge is -2.40. The highest BCUT2D eigenvalue weighted by atomic mass is 16.4. The number of anilines is 1. The lowest BCUT2D eigenvalue weighted by Crippen LogP contribution is -2.58. The molecule has 3 rings (SSSR count). The van der Waals surface area contributed by atoms with Gasteiger partial charge in [0.15, 0.2) is 0 Å². The van der Waals surface area contributed by atoms with Crippen LogP contribution in [0.2, 0.25) is 0 Å². The molecule has 0 saturated carbocycles. The molecular weight excluding hydrogens is 310 g/mol. The molecule has 2 aliphatic rings. The molecule has 128 valence electrons. The van der Waals surface area contributed by atoms with Crippen molar-refractivity contribution in [1.82, 2.24) is 10.2 Å². The Bertz CT molecular complexity index is 718. The Hall–Kier alpha value is -2.57. The Balaban J connectivity index is 1.86. The summed E-state index contributed by atoms with van der Waals surface area (Å²) in [5.41, 5.74) is 1.65. The van der Waals surface area contributed by atoms with Crippen LogP contribution in [0.1, 0.15) is 42.1 Å². The normalized spacial score (nSPS) is 24.7. The first-order chi connectivity index (χ1) is 11.3. The topological polar surface area (TPSA) is 98.7 Å². The minimum absolute atomic E-state index is 0.170. The van der Waals surface area contributed by atoms with Crippen LogP contribution in [0.4, 0.5) is 5.69 Å². The van der Waals surface area contributed by atoms with Gasteiger partial charge >= 0.3 is 5.97 Å². The van der Waals surface area contributed by atoms with Crippen LogP contribution in [0, 0.1) is 6.92 Å². The number of nitrogens with one attached hydrogen (secondary N) is 2. The van der Waals surface area contributed by atoms with Crippen LogP contribution >= 0.6 is 0 Å². The molecule has 7 nitrogen and oxygen atoms in total. The molecule has 0 aliphatic carbocycles. The number of carbonyl (C=O) groups excluding carboxylic acids is 2. The van der Waals surface area contributed by atoms with Crippen molar-refractivity contribution in [3.8, 4) is 0 Å². The minimum atomic E-state index is -1.03. The van der Waals surface area contributed by atoms with Crippen LogP contribution in [-0.2, 0) is 9.59 Å². The second kappa shape index (κ2) is 5.81. The molecule has 2 amide bonds. The smallest absolute Gasteiger partial charge is 0.326 e. The maximum absolute atomic E-state index is 12.4. The van der Waals surface area contributed by atoms with Gasteiger partial charge in [-0.2, -0.15) is 0 Å². The van der Waals surface area contributed by atoms with Gasteiger partial charge in [-0.05, 0) is 38.0 Å².